The molecule has 2 rings (SSSR count). The number of nitrogens with zero attached hydrogens (tertiary/aromatic N) is 2. The maximum Gasteiger partial charge on any atom is 0.257 e. The topological polar surface area (TPSA) is 98.2 Å². The van der Waals surface area contributed by atoms with Gasteiger partial charge in [-0.1, -0.05) is 61.1 Å². The summed E-state index contributed by atoms with van der Waals surface area (Å²) >= 11 is 1.09. The summed E-state index contributed by atoms with van der Waals surface area (Å²) < 4.78 is 25.9. The Balaban J connectivity index is 0.000000607. The molecule has 0 aliphatic carbocycles. The van der Waals surface area contributed by atoms with Crippen LogP contribution in [0.3, 0.4) is 0 Å². The van der Waals surface area contributed by atoms with Gasteiger partial charge in [-0.25, -0.2) is 8.42 Å². The van der Waals surface area contributed by atoms with Crippen LogP contribution in [-0.4, -0.2) is 60.9 Å². The summed E-state index contributed by atoms with van der Waals surface area (Å²) in [6.07, 6.45) is 0. The minimum absolute atomic E-state index is 0. The number of carbonyl (C=O) groups excluding carboxylic acids is 1. The van der Waals surface area contributed by atoms with Gasteiger partial charge in [0.2, 0.25) is 0 Å². The molecule has 0 saturated heterocycles. The molecule has 1 amide bonds. The van der Waals surface area contributed by atoms with Crippen molar-refractivity contribution in [1.82, 2.24) is 9.21 Å². The van der Waals surface area contributed by atoms with E-state index in [-0.39, 0.29) is 40.9 Å². The number of phenolic OH excluding ortho intramolecular Hbond substituents is 1. The number of thiophene rings is 1. The first-order valence-corrected chi connectivity index (χ1v) is 13.0. The van der Waals surface area contributed by atoms with Gasteiger partial charge in [0.25, 0.3) is 15.9 Å². The molecule has 2 N–H and O–H groups in total. The Morgan fingerprint density at radius 2 is 1.48 bits per heavy atom. The van der Waals surface area contributed by atoms with E-state index in [1.54, 1.807) is 45.5 Å². The van der Waals surface area contributed by atoms with Crippen molar-refractivity contribution in [3.05, 3.63) is 40.3 Å². The lowest BCUT2D eigenvalue weighted by molar-refractivity contribution is 0.0824. The first kappa shape index (κ1) is 30.9. The molecule has 0 fully saturated rings. The molecule has 0 radical (unpaired) electrons. The highest BCUT2D eigenvalue weighted by Crippen LogP contribution is 2.39. The smallest absolute Gasteiger partial charge is 0.257 e. The maximum atomic E-state index is 12.2. The highest BCUT2D eigenvalue weighted by Gasteiger charge is 2.28. The average Bonchev–Trinajstić information content (AvgIpc) is 3.11. The van der Waals surface area contributed by atoms with E-state index in [4.69, 9.17) is 0 Å². The molecule has 0 unspecified atom stereocenters. The number of sulfonamides is 1. The number of amides is 1. The molecular formula is C24H40N2O5S2. The van der Waals surface area contributed by atoms with E-state index < -0.39 is 10.0 Å². The summed E-state index contributed by atoms with van der Waals surface area (Å²) in [6, 6.07) is 5.28. The van der Waals surface area contributed by atoms with Crippen molar-refractivity contribution in [2.45, 2.75) is 65.0 Å². The van der Waals surface area contributed by atoms with Crippen LogP contribution in [0.2, 0.25) is 0 Å². The quantitative estimate of drug-likeness (QED) is 0.526. The Labute approximate surface area is 203 Å². The SMILES string of the molecule is C.CC(C)c1cccc(C(=O)N(C)C)c1O.CCN(CC)S(=O)(=O)c1scc(C(C)C)c1O. The van der Waals surface area contributed by atoms with Crippen LogP contribution in [0.5, 0.6) is 11.5 Å². The van der Waals surface area contributed by atoms with Crippen LogP contribution >= 0.6 is 11.3 Å². The second-order valence-corrected chi connectivity index (χ2v) is 11.2. The zero-order valence-corrected chi connectivity index (χ0v) is 21.8. The Hall–Kier alpha value is -2.10. The summed E-state index contributed by atoms with van der Waals surface area (Å²) in [4.78, 5) is 13.2. The van der Waals surface area contributed by atoms with Crippen LogP contribution in [0.15, 0.2) is 27.8 Å². The van der Waals surface area contributed by atoms with Crippen molar-refractivity contribution < 1.29 is 23.4 Å². The molecule has 188 valence electrons. The summed E-state index contributed by atoms with van der Waals surface area (Å²) in [7, 11) is -0.202. The van der Waals surface area contributed by atoms with Gasteiger partial charge in [0.15, 0.2) is 4.21 Å². The standard InChI is InChI=1S/C12H17NO2.C11H19NO3S2.CH4/c1-8(2)9-6-5-7-10(11(9)14)12(15)13(3)4;1-5-12(6-2)17(14,15)11-10(13)9(7-16-11)8(3)4;/h5-8,14H,1-4H3;7-8,13H,5-6H2,1-4H3;1H4. The lowest BCUT2D eigenvalue weighted by atomic mass is 9.99. The number of para-hydroxylation sites is 1. The number of carbonyl (C=O) groups is 1. The molecular weight excluding hydrogens is 460 g/mol. The van der Waals surface area contributed by atoms with Gasteiger partial charge in [-0.3, -0.25) is 4.79 Å². The van der Waals surface area contributed by atoms with E-state index in [9.17, 15) is 23.4 Å². The molecule has 7 nitrogen and oxygen atoms in total. The molecule has 0 spiro atoms. The van der Waals surface area contributed by atoms with Gasteiger partial charge in [-0.15, -0.1) is 11.3 Å². The fourth-order valence-corrected chi connectivity index (χ4v) is 6.13. The number of hydrogen-bond donors (Lipinski definition) is 2. The third-order valence-corrected chi connectivity index (χ3v) is 8.55. The van der Waals surface area contributed by atoms with Crippen molar-refractivity contribution >= 4 is 27.3 Å². The predicted octanol–water partition coefficient (Wildman–Crippen LogP) is 5.46. The number of rotatable bonds is 7. The normalized spacial score (nSPS) is 11.2. The van der Waals surface area contributed by atoms with Gasteiger partial charge in [-0.2, -0.15) is 4.31 Å². The molecule has 2 aromatic rings. The van der Waals surface area contributed by atoms with E-state index in [1.807, 2.05) is 33.8 Å². The molecule has 1 aromatic heterocycles. The number of phenols is 1. The van der Waals surface area contributed by atoms with Crippen LogP contribution in [-0.2, 0) is 10.0 Å². The minimum Gasteiger partial charge on any atom is -0.507 e. The van der Waals surface area contributed by atoms with Crippen LogP contribution in [0.4, 0.5) is 0 Å². The first-order valence-electron chi connectivity index (χ1n) is 10.6. The van der Waals surface area contributed by atoms with Crippen LogP contribution in [0, 0.1) is 0 Å². The third-order valence-electron chi connectivity index (χ3n) is 4.99. The highest BCUT2D eigenvalue weighted by molar-refractivity contribution is 7.91. The van der Waals surface area contributed by atoms with Crippen molar-refractivity contribution in [2.24, 2.45) is 0 Å². The van der Waals surface area contributed by atoms with Gasteiger partial charge in [-0.05, 0) is 28.8 Å². The van der Waals surface area contributed by atoms with E-state index in [0.29, 0.717) is 24.2 Å². The molecule has 0 aliphatic heterocycles. The van der Waals surface area contributed by atoms with Crippen molar-refractivity contribution in [1.29, 1.82) is 0 Å². The molecule has 0 atom stereocenters. The number of benzene rings is 1. The van der Waals surface area contributed by atoms with E-state index in [1.165, 1.54) is 9.21 Å². The Morgan fingerprint density at radius 3 is 1.88 bits per heavy atom. The van der Waals surface area contributed by atoms with Gasteiger partial charge < -0.3 is 15.1 Å². The molecule has 0 saturated carbocycles. The van der Waals surface area contributed by atoms with Crippen molar-refractivity contribution in [2.75, 3.05) is 27.2 Å². The van der Waals surface area contributed by atoms with Gasteiger partial charge in [0.05, 0.1) is 5.56 Å². The largest absolute Gasteiger partial charge is 0.507 e. The van der Waals surface area contributed by atoms with Gasteiger partial charge in [0.1, 0.15) is 11.5 Å². The molecule has 1 heterocycles. The maximum absolute atomic E-state index is 12.2. The fourth-order valence-electron chi connectivity index (χ4n) is 3.06. The average molecular weight is 501 g/mol. The predicted molar refractivity (Wildman–Crippen MR) is 137 cm³/mol. The molecule has 33 heavy (non-hydrogen) atoms. The summed E-state index contributed by atoms with van der Waals surface area (Å²) in [6.45, 7) is 12.2. The third kappa shape index (κ3) is 7.19. The van der Waals surface area contributed by atoms with Crippen LogP contribution in [0.25, 0.3) is 0 Å². The zero-order chi connectivity index (χ0) is 24.8. The summed E-state index contributed by atoms with van der Waals surface area (Å²) in [5.74, 6) is 0.171. The highest BCUT2D eigenvalue weighted by atomic mass is 32.2. The zero-order valence-electron chi connectivity index (χ0n) is 20.2. The number of aromatic hydroxyl groups is 2. The van der Waals surface area contributed by atoms with Gasteiger partial charge in [0, 0.05) is 32.7 Å². The molecule has 9 heteroatoms. The van der Waals surface area contributed by atoms with E-state index >= 15 is 0 Å². The molecule has 0 aliphatic rings. The fraction of sp³-hybridized carbons (Fsp3) is 0.542. The second kappa shape index (κ2) is 13.0. The van der Waals surface area contributed by atoms with Crippen LogP contribution in [0.1, 0.15) is 82.3 Å². The molecule has 1 aromatic carbocycles. The lowest BCUT2D eigenvalue weighted by Gasteiger charge is -2.17. The van der Waals surface area contributed by atoms with E-state index in [0.717, 1.165) is 16.9 Å². The first-order chi connectivity index (χ1) is 14.8. The Morgan fingerprint density at radius 1 is 0.970 bits per heavy atom. The lowest BCUT2D eigenvalue weighted by Crippen LogP contribution is -2.30. The minimum atomic E-state index is -3.54. The summed E-state index contributed by atoms with van der Waals surface area (Å²) in [5, 5.41) is 21.6. The van der Waals surface area contributed by atoms with Crippen LogP contribution < -0.4 is 0 Å². The van der Waals surface area contributed by atoms with Crippen molar-refractivity contribution in [3.8, 4) is 11.5 Å². The Kier molecular flexibility index (Phi) is 12.1. The van der Waals surface area contributed by atoms with Gasteiger partial charge >= 0.3 is 0 Å². The van der Waals surface area contributed by atoms with E-state index in [2.05, 4.69) is 0 Å². The molecule has 0 bridgehead atoms. The summed E-state index contributed by atoms with van der Waals surface area (Å²) in [5.41, 5.74) is 1.87. The van der Waals surface area contributed by atoms with Crippen molar-refractivity contribution in [3.63, 3.8) is 0 Å². The number of hydrogen-bond acceptors (Lipinski definition) is 6. The second-order valence-electron chi connectivity index (χ2n) is 8.17. The Bertz CT molecular complexity index is 1010. The monoisotopic (exact) mass is 500 g/mol.